The van der Waals surface area contributed by atoms with Crippen LogP contribution in [0.3, 0.4) is 0 Å². The van der Waals surface area contributed by atoms with Crippen molar-refractivity contribution >= 4 is 16.9 Å². The number of aryl methyl sites for hydroxylation is 1. The fraction of sp³-hybridized carbons (Fsp3) is 0.182. The zero-order valence-electron chi connectivity index (χ0n) is 8.56. The number of hydrogen-bond acceptors (Lipinski definition) is 4. The molecular weight excluding hydrogens is 208 g/mol. The number of ketones is 1. The summed E-state index contributed by atoms with van der Waals surface area (Å²) >= 11 is 0. The maximum atomic E-state index is 11.4. The molecule has 0 amide bonds. The first kappa shape index (κ1) is 10.2. The Kier molecular flexibility index (Phi) is 2.33. The second-order valence-electron chi connectivity index (χ2n) is 3.37. The molecular formula is C11H8N2O3. The molecule has 2 aromatic rings. The molecule has 0 aliphatic rings. The number of fused-ring (bicyclic) bond motifs is 1. The summed E-state index contributed by atoms with van der Waals surface area (Å²) in [6.07, 6.45) is -0.178. The van der Waals surface area contributed by atoms with Crippen molar-refractivity contribution in [3.05, 3.63) is 34.3 Å². The predicted octanol–water partition coefficient (Wildman–Crippen LogP) is 1.23. The van der Waals surface area contributed by atoms with Gasteiger partial charge in [-0.1, -0.05) is 0 Å². The van der Waals surface area contributed by atoms with E-state index in [4.69, 9.17) is 9.68 Å². The lowest BCUT2D eigenvalue weighted by Gasteiger charge is -1.96. The van der Waals surface area contributed by atoms with E-state index < -0.39 is 5.76 Å². The van der Waals surface area contributed by atoms with Gasteiger partial charge in [-0.3, -0.25) is 9.36 Å². The van der Waals surface area contributed by atoms with Crippen molar-refractivity contribution < 1.29 is 9.21 Å². The van der Waals surface area contributed by atoms with E-state index >= 15 is 0 Å². The number of rotatable bonds is 2. The summed E-state index contributed by atoms with van der Waals surface area (Å²) in [5.74, 6) is -0.754. The van der Waals surface area contributed by atoms with Gasteiger partial charge in [0, 0.05) is 12.6 Å². The first-order valence-electron chi connectivity index (χ1n) is 4.63. The average Bonchev–Trinajstić information content (AvgIpc) is 2.55. The highest BCUT2D eigenvalue weighted by molar-refractivity contribution is 5.99. The van der Waals surface area contributed by atoms with Crippen molar-refractivity contribution in [1.29, 1.82) is 5.26 Å². The standard InChI is InChI=1S/C11H8N2O3/c1-13-8-3-2-7(9(14)4-5-12)6-10(8)16-11(13)15/h2-3,6H,4H2,1H3. The Morgan fingerprint density at radius 1 is 1.56 bits per heavy atom. The molecule has 0 unspecified atom stereocenters. The molecule has 0 N–H and O–H groups in total. The Hall–Kier alpha value is -2.35. The highest BCUT2D eigenvalue weighted by atomic mass is 16.4. The summed E-state index contributed by atoms with van der Waals surface area (Å²) in [6.45, 7) is 0. The van der Waals surface area contributed by atoms with Gasteiger partial charge in [-0.2, -0.15) is 5.26 Å². The highest BCUT2D eigenvalue weighted by Crippen LogP contribution is 2.15. The van der Waals surface area contributed by atoms with Gasteiger partial charge in [0.05, 0.1) is 18.0 Å². The SMILES string of the molecule is Cn1c(=O)oc2cc(C(=O)CC#N)ccc21. The van der Waals surface area contributed by atoms with Crippen molar-refractivity contribution in [1.82, 2.24) is 4.57 Å². The molecule has 0 saturated heterocycles. The summed E-state index contributed by atoms with van der Waals surface area (Å²) in [6, 6.07) is 6.48. The number of carbonyl (C=O) groups is 1. The van der Waals surface area contributed by atoms with E-state index in [-0.39, 0.29) is 12.2 Å². The van der Waals surface area contributed by atoms with Gasteiger partial charge in [-0.15, -0.1) is 0 Å². The summed E-state index contributed by atoms with van der Waals surface area (Å²) < 4.78 is 6.29. The smallest absolute Gasteiger partial charge is 0.408 e. The first-order chi connectivity index (χ1) is 7.63. The van der Waals surface area contributed by atoms with Gasteiger partial charge in [0.2, 0.25) is 0 Å². The molecule has 16 heavy (non-hydrogen) atoms. The van der Waals surface area contributed by atoms with Gasteiger partial charge in [-0.25, -0.2) is 4.79 Å². The molecule has 1 aromatic carbocycles. The van der Waals surface area contributed by atoms with E-state index in [0.29, 0.717) is 16.7 Å². The second kappa shape index (κ2) is 3.66. The Balaban J connectivity index is 2.58. The molecule has 80 valence electrons. The fourth-order valence-corrected chi connectivity index (χ4v) is 1.48. The lowest BCUT2D eigenvalue weighted by Crippen LogP contribution is -2.08. The Bertz CT molecular complexity index is 658. The molecule has 0 saturated carbocycles. The minimum Gasteiger partial charge on any atom is -0.408 e. The number of nitriles is 1. The number of aromatic nitrogens is 1. The van der Waals surface area contributed by atoms with Crippen LogP contribution in [-0.2, 0) is 7.05 Å². The van der Waals surface area contributed by atoms with Crippen molar-refractivity contribution in [3.8, 4) is 6.07 Å². The second-order valence-corrected chi connectivity index (χ2v) is 3.37. The van der Waals surface area contributed by atoms with Crippen LogP contribution in [-0.4, -0.2) is 10.4 Å². The molecule has 0 fully saturated rings. The minimum atomic E-state index is -0.472. The predicted molar refractivity (Wildman–Crippen MR) is 56.0 cm³/mol. The van der Waals surface area contributed by atoms with E-state index in [9.17, 15) is 9.59 Å². The van der Waals surface area contributed by atoms with Crippen LogP contribution >= 0.6 is 0 Å². The lowest BCUT2D eigenvalue weighted by molar-refractivity contribution is 0.0997. The van der Waals surface area contributed by atoms with Crippen LogP contribution in [0, 0.1) is 11.3 Å². The molecule has 0 atom stereocenters. The molecule has 0 radical (unpaired) electrons. The van der Waals surface area contributed by atoms with Crippen molar-refractivity contribution in [2.75, 3.05) is 0 Å². The molecule has 0 bridgehead atoms. The van der Waals surface area contributed by atoms with E-state index in [1.165, 1.54) is 10.6 Å². The van der Waals surface area contributed by atoms with E-state index in [2.05, 4.69) is 0 Å². The van der Waals surface area contributed by atoms with E-state index in [1.54, 1.807) is 25.2 Å². The monoisotopic (exact) mass is 216 g/mol. The Morgan fingerprint density at radius 3 is 3.00 bits per heavy atom. The van der Waals surface area contributed by atoms with Gasteiger partial charge in [0.15, 0.2) is 11.4 Å². The van der Waals surface area contributed by atoms with Crippen LogP contribution in [0.4, 0.5) is 0 Å². The molecule has 2 rings (SSSR count). The number of nitrogens with zero attached hydrogens (tertiary/aromatic N) is 2. The Morgan fingerprint density at radius 2 is 2.31 bits per heavy atom. The van der Waals surface area contributed by atoms with Gasteiger partial charge in [0.1, 0.15) is 0 Å². The summed E-state index contributed by atoms with van der Waals surface area (Å²) in [7, 11) is 1.59. The van der Waals surface area contributed by atoms with Crippen molar-refractivity contribution in [2.45, 2.75) is 6.42 Å². The summed E-state index contributed by atoms with van der Waals surface area (Å²) in [5.41, 5.74) is 1.36. The average molecular weight is 216 g/mol. The fourth-order valence-electron chi connectivity index (χ4n) is 1.48. The van der Waals surface area contributed by atoms with Crippen LogP contribution in [0.5, 0.6) is 0 Å². The van der Waals surface area contributed by atoms with Crippen LogP contribution in [0.15, 0.2) is 27.4 Å². The van der Waals surface area contributed by atoms with Gasteiger partial charge in [-0.05, 0) is 18.2 Å². The number of Topliss-reactive ketones (excluding diaryl/α,β-unsaturated/α-hetero) is 1. The first-order valence-corrected chi connectivity index (χ1v) is 4.63. The third-order valence-electron chi connectivity index (χ3n) is 2.35. The van der Waals surface area contributed by atoms with Crippen molar-refractivity contribution in [2.24, 2.45) is 7.05 Å². The third kappa shape index (κ3) is 1.50. The van der Waals surface area contributed by atoms with Gasteiger partial charge >= 0.3 is 5.76 Å². The number of hydrogen-bond donors (Lipinski definition) is 0. The van der Waals surface area contributed by atoms with E-state index in [0.717, 1.165) is 0 Å². The lowest BCUT2D eigenvalue weighted by atomic mass is 10.1. The minimum absolute atomic E-state index is 0.178. The van der Waals surface area contributed by atoms with Gasteiger partial charge < -0.3 is 4.42 Å². The molecule has 1 aromatic heterocycles. The topological polar surface area (TPSA) is 76.0 Å². The quantitative estimate of drug-likeness (QED) is 0.707. The van der Waals surface area contributed by atoms with Crippen LogP contribution in [0.2, 0.25) is 0 Å². The van der Waals surface area contributed by atoms with Crippen LogP contribution < -0.4 is 5.76 Å². The third-order valence-corrected chi connectivity index (χ3v) is 2.35. The van der Waals surface area contributed by atoms with Crippen LogP contribution in [0.1, 0.15) is 16.8 Å². The number of benzene rings is 1. The molecule has 0 aliphatic carbocycles. The summed E-state index contributed by atoms with van der Waals surface area (Å²) in [4.78, 5) is 22.6. The number of carbonyl (C=O) groups excluding carboxylic acids is 1. The van der Waals surface area contributed by atoms with E-state index in [1.807, 2.05) is 0 Å². The maximum Gasteiger partial charge on any atom is 0.419 e. The van der Waals surface area contributed by atoms with Gasteiger partial charge in [0.25, 0.3) is 0 Å². The zero-order valence-corrected chi connectivity index (χ0v) is 8.56. The normalized spacial score (nSPS) is 10.2. The molecule has 5 heteroatoms. The Labute approximate surface area is 90.5 Å². The maximum absolute atomic E-state index is 11.4. The molecule has 5 nitrogen and oxygen atoms in total. The molecule has 0 aliphatic heterocycles. The van der Waals surface area contributed by atoms with Crippen molar-refractivity contribution in [3.63, 3.8) is 0 Å². The highest BCUT2D eigenvalue weighted by Gasteiger charge is 2.10. The molecule has 0 spiro atoms. The zero-order chi connectivity index (χ0) is 11.7. The summed E-state index contributed by atoms with van der Waals surface area (Å²) in [5, 5.41) is 8.41. The van der Waals surface area contributed by atoms with Crippen LogP contribution in [0.25, 0.3) is 11.1 Å². The largest absolute Gasteiger partial charge is 0.419 e. The molecule has 1 heterocycles. The number of oxazole rings is 1.